The molecule has 0 radical (unpaired) electrons. The molecule has 0 atom stereocenters. The Morgan fingerprint density at radius 3 is 2.58 bits per heavy atom. The number of amides is 2. The maximum absolute atomic E-state index is 11.7. The first kappa shape index (κ1) is 18.0. The number of ether oxygens (including phenoxy) is 1. The largest absolute Gasteiger partial charge is 0.494 e. The van der Waals surface area contributed by atoms with Crippen molar-refractivity contribution in [1.29, 1.82) is 0 Å². The molecule has 2 N–H and O–H groups in total. The van der Waals surface area contributed by atoms with E-state index in [2.05, 4.69) is 10.6 Å². The highest BCUT2D eigenvalue weighted by atomic mass is 32.1. The summed E-state index contributed by atoms with van der Waals surface area (Å²) in [6.45, 7) is 1.60. The predicted octanol–water partition coefficient (Wildman–Crippen LogP) is 2.84. The van der Waals surface area contributed by atoms with Gasteiger partial charge in [-0.25, -0.2) is 0 Å². The molecule has 2 amide bonds. The highest BCUT2D eigenvalue weighted by molar-refractivity contribution is 7.08. The van der Waals surface area contributed by atoms with Crippen molar-refractivity contribution in [3.05, 3.63) is 52.7 Å². The van der Waals surface area contributed by atoms with E-state index in [1.807, 2.05) is 35.7 Å². The molecule has 0 saturated carbocycles. The molecule has 0 fully saturated rings. The highest BCUT2D eigenvalue weighted by Gasteiger charge is 2.06. The summed E-state index contributed by atoms with van der Waals surface area (Å²) in [5, 5.41) is 9.21. The number of hydrogen-bond acceptors (Lipinski definition) is 4. The highest BCUT2D eigenvalue weighted by Crippen LogP contribution is 2.08. The van der Waals surface area contributed by atoms with Gasteiger partial charge in [0.2, 0.25) is 5.91 Å². The zero-order valence-electron chi connectivity index (χ0n) is 13.5. The van der Waals surface area contributed by atoms with Gasteiger partial charge in [-0.1, -0.05) is 18.2 Å². The van der Waals surface area contributed by atoms with Gasteiger partial charge in [-0.05, 0) is 36.4 Å². The van der Waals surface area contributed by atoms with E-state index in [0.29, 0.717) is 25.3 Å². The molecule has 5 nitrogen and oxygen atoms in total. The molecule has 0 aliphatic rings. The number of carbonyl (C=O) groups excluding carboxylic acids is 2. The van der Waals surface area contributed by atoms with Gasteiger partial charge in [-0.2, -0.15) is 11.3 Å². The van der Waals surface area contributed by atoms with Crippen LogP contribution in [0.15, 0.2) is 47.2 Å². The van der Waals surface area contributed by atoms with Gasteiger partial charge < -0.3 is 15.4 Å². The third-order valence-corrected chi connectivity index (χ3v) is 4.01. The van der Waals surface area contributed by atoms with Crippen LogP contribution in [-0.2, 0) is 4.79 Å². The van der Waals surface area contributed by atoms with E-state index in [0.717, 1.165) is 18.6 Å². The van der Waals surface area contributed by atoms with E-state index in [9.17, 15) is 9.59 Å². The number of nitrogens with one attached hydrogen (secondary N) is 2. The molecular weight excluding hydrogens is 324 g/mol. The normalized spacial score (nSPS) is 10.2. The summed E-state index contributed by atoms with van der Waals surface area (Å²) in [6, 6.07) is 11.4. The molecule has 128 valence electrons. The zero-order chi connectivity index (χ0) is 17.0. The van der Waals surface area contributed by atoms with Gasteiger partial charge in [-0.15, -0.1) is 0 Å². The van der Waals surface area contributed by atoms with Crippen molar-refractivity contribution >= 4 is 23.2 Å². The second kappa shape index (κ2) is 10.4. The van der Waals surface area contributed by atoms with Crippen LogP contribution in [0.2, 0.25) is 0 Å². The molecule has 2 aromatic rings. The van der Waals surface area contributed by atoms with Gasteiger partial charge >= 0.3 is 0 Å². The quantitative estimate of drug-likeness (QED) is 0.650. The summed E-state index contributed by atoms with van der Waals surface area (Å²) >= 11 is 1.47. The maximum atomic E-state index is 11.7. The van der Waals surface area contributed by atoms with Gasteiger partial charge in [0.15, 0.2) is 0 Å². The van der Waals surface area contributed by atoms with Crippen LogP contribution in [-0.4, -0.2) is 31.5 Å². The minimum Gasteiger partial charge on any atom is -0.494 e. The topological polar surface area (TPSA) is 67.4 Å². The van der Waals surface area contributed by atoms with Crippen molar-refractivity contribution in [2.75, 3.05) is 19.7 Å². The van der Waals surface area contributed by atoms with E-state index in [4.69, 9.17) is 4.74 Å². The Morgan fingerprint density at radius 2 is 1.83 bits per heavy atom. The first-order chi connectivity index (χ1) is 11.8. The summed E-state index contributed by atoms with van der Waals surface area (Å²) in [5.41, 5.74) is 0.638. The molecule has 0 bridgehead atoms. The molecule has 0 aliphatic carbocycles. The first-order valence-corrected chi connectivity index (χ1v) is 8.95. The van der Waals surface area contributed by atoms with E-state index < -0.39 is 0 Å². The number of para-hydroxylation sites is 1. The number of carbonyl (C=O) groups is 2. The van der Waals surface area contributed by atoms with E-state index in [-0.39, 0.29) is 18.2 Å². The van der Waals surface area contributed by atoms with Crippen LogP contribution in [0.3, 0.4) is 0 Å². The fraction of sp³-hybridized carbons (Fsp3) is 0.333. The Hall–Kier alpha value is -2.34. The SMILES string of the molecule is O=C(CCNC(=O)c1ccsc1)NCCCCOc1ccccc1. The fourth-order valence-electron chi connectivity index (χ4n) is 2.04. The predicted molar refractivity (Wildman–Crippen MR) is 95.4 cm³/mol. The second-order valence-corrected chi connectivity index (χ2v) is 6.02. The molecule has 0 unspecified atom stereocenters. The van der Waals surface area contributed by atoms with Crippen LogP contribution >= 0.6 is 11.3 Å². The Kier molecular flexibility index (Phi) is 7.83. The number of hydrogen-bond donors (Lipinski definition) is 2. The van der Waals surface area contributed by atoms with Crippen molar-refractivity contribution in [3.63, 3.8) is 0 Å². The lowest BCUT2D eigenvalue weighted by Crippen LogP contribution is -2.31. The van der Waals surface area contributed by atoms with Crippen molar-refractivity contribution in [3.8, 4) is 5.75 Å². The van der Waals surface area contributed by atoms with Crippen molar-refractivity contribution in [2.45, 2.75) is 19.3 Å². The lowest BCUT2D eigenvalue weighted by atomic mass is 10.3. The van der Waals surface area contributed by atoms with Crippen molar-refractivity contribution in [1.82, 2.24) is 10.6 Å². The number of unbranched alkanes of at least 4 members (excludes halogenated alkanes) is 1. The fourth-order valence-corrected chi connectivity index (χ4v) is 2.67. The lowest BCUT2D eigenvalue weighted by Gasteiger charge is -2.07. The molecule has 2 rings (SSSR count). The summed E-state index contributed by atoms with van der Waals surface area (Å²) in [6.07, 6.45) is 2.03. The first-order valence-electron chi connectivity index (χ1n) is 8.00. The lowest BCUT2D eigenvalue weighted by molar-refractivity contribution is -0.120. The van der Waals surface area contributed by atoms with Gasteiger partial charge in [0.05, 0.1) is 6.61 Å². The van der Waals surface area contributed by atoms with E-state index in [1.165, 1.54) is 11.3 Å². The zero-order valence-corrected chi connectivity index (χ0v) is 14.3. The van der Waals surface area contributed by atoms with Crippen LogP contribution < -0.4 is 15.4 Å². The third-order valence-electron chi connectivity index (χ3n) is 3.33. The molecule has 0 spiro atoms. The Balaban J connectivity index is 1.46. The van der Waals surface area contributed by atoms with Crippen LogP contribution in [0, 0.1) is 0 Å². The van der Waals surface area contributed by atoms with Gasteiger partial charge in [-0.3, -0.25) is 9.59 Å². The summed E-state index contributed by atoms with van der Waals surface area (Å²) in [4.78, 5) is 23.4. The van der Waals surface area contributed by atoms with E-state index >= 15 is 0 Å². The second-order valence-electron chi connectivity index (χ2n) is 5.24. The minimum atomic E-state index is -0.137. The van der Waals surface area contributed by atoms with Gasteiger partial charge in [0, 0.05) is 30.5 Å². The monoisotopic (exact) mass is 346 g/mol. The van der Waals surface area contributed by atoms with Crippen LogP contribution in [0.1, 0.15) is 29.6 Å². The molecule has 6 heteroatoms. The van der Waals surface area contributed by atoms with E-state index in [1.54, 1.807) is 11.4 Å². The van der Waals surface area contributed by atoms with Crippen molar-refractivity contribution < 1.29 is 14.3 Å². The Labute approximate surface area is 146 Å². The molecule has 0 aliphatic heterocycles. The molecule has 24 heavy (non-hydrogen) atoms. The number of rotatable bonds is 10. The Bertz CT molecular complexity index is 614. The number of thiophene rings is 1. The third kappa shape index (κ3) is 6.83. The Morgan fingerprint density at radius 1 is 1.00 bits per heavy atom. The number of benzene rings is 1. The minimum absolute atomic E-state index is 0.0513. The maximum Gasteiger partial charge on any atom is 0.252 e. The average Bonchev–Trinajstić information content (AvgIpc) is 3.13. The van der Waals surface area contributed by atoms with Crippen LogP contribution in [0.25, 0.3) is 0 Å². The molecule has 1 heterocycles. The van der Waals surface area contributed by atoms with Gasteiger partial charge in [0.1, 0.15) is 5.75 Å². The molecular formula is C18H22N2O3S. The summed E-state index contributed by atoms with van der Waals surface area (Å²) in [5.74, 6) is 0.676. The van der Waals surface area contributed by atoms with Gasteiger partial charge in [0.25, 0.3) is 5.91 Å². The summed E-state index contributed by atoms with van der Waals surface area (Å²) < 4.78 is 5.58. The smallest absolute Gasteiger partial charge is 0.252 e. The molecule has 0 saturated heterocycles. The molecule has 1 aromatic carbocycles. The molecule has 1 aromatic heterocycles. The van der Waals surface area contributed by atoms with Crippen LogP contribution in [0.4, 0.5) is 0 Å². The standard InChI is InChI=1S/C18H22N2O3S/c21-17(8-11-20-18(22)15-9-13-24-14-15)19-10-4-5-12-23-16-6-2-1-3-7-16/h1-3,6-7,9,13-14H,4-5,8,10-12H2,(H,19,21)(H,20,22). The van der Waals surface area contributed by atoms with Crippen molar-refractivity contribution in [2.24, 2.45) is 0 Å². The average molecular weight is 346 g/mol. The van der Waals surface area contributed by atoms with Crippen LogP contribution in [0.5, 0.6) is 5.75 Å². The summed E-state index contributed by atoms with van der Waals surface area (Å²) in [7, 11) is 0.